The number of benzene rings is 2. The fourth-order valence-electron chi connectivity index (χ4n) is 1.81. The van der Waals surface area contributed by atoms with Gasteiger partial charge in [0, 0.05) is 20.5 Å². The van der Waals surface area contributed by atoms with E-state index in [2.05, 4.69) is 88.0 Å². The first-order valence-electron chi connectivity index (χ1n) is 7.64. The zero-order valence-corrected chi connectivity index (χ0v) is 20.5. The van der Waals surface area contributed by atoms with E-state index in [1.165, 1.54) is 9.79 Å². The Kier molecular flexibility index (Phi) is 10.3. The molecule has 136 valence electrons. The molecule has 2 nitrogen and oxygen atoms in total. The summed E-state index contributed by atoms with van der Waals surface area (Å²) in [6.45, 7) is 1.28. The zero-order valence-electron chi connectivity index (χ0n) is 13.3. The van der Waals surface area contributed by atoms with Crippen LogP contribution in [0.25, 0.3) is 0 Å². The van der Waals surface area contributed by atoms with Gasteiger partial charge in [-0.15, -0.1) is 0 Å². The average molecular weight is 618 g/mol. The largest absolute Gasteiger partial charge is 0.492 e. The Morgan fingerprint density at radius 1 is 0.680 bits per heavy atom. The first-order valence-corrected chi connectivity index (χ1v) is 12.5. The molecule has 25 heavy (non-hydrogen) atoms. The molecule has 7 heteroatoms. The molecule has 0 aliphatic heterocycles. The van der Waals surface area contributed by atoms with E-state index in [1.807, 2.05) is 24.3 Å². The SMILES string of the molecule is BrCC(Br)COc1ccc(Sc2ccc(OCC(Br)CBr)cc2)cc1. The lowest BCUT2D eigenvalue weighted by Crippen LogP contribution is -2.12. The molecule has 0 amide bonds. The van der Waals surface area contributed by atoms with E-state index in [0.717, 1.165) is 22.2 Å². The van der Waals surface area contributed by atoms with Crippen LogP contribution in [0.4, 0.5) is 0 Å². The van der Waals surface area contributed by atoms with Crippen LogP contribution in [0, 0.1) is 0 Å². The van der Waals surface area contributed by atoms with Gasteiger partial charge in [-0.2, -0.15) is 0 Å². The molecule has 2 atom stereocenters. The maximum Gasteiger partial charge on any atom is 0.119 e. The van der Waals surface area contributed by atoms with E-state index in [1.54, 1.807) is 11.8 Å². The molecular weight excluding hydrogens is 600 g/mol. The van der Waals surface area contributed by atoms with Crippen LogP contribution in [0.2, 0.25) is 0 Å². The highest BCUT2D eigenvalue weighted by Gasteiger charge is 2.05. The van der Waals surface area contributed by atoms with Crippen LogP contribution in [-0.2, 0) is 0 Å². The third-order valence-corrected chi connectivity index (χ3v) is 8.57. The Hall–Kier alpha value is 0.310. The molecule has 2 unspecified atom stereocenters. The second kappa shape index (κ2) is 11.9. The number of ether oxygens (including phenoxy) is 2. The first kappa shape index (κ1) is 21.6. The predicted molar refractivity (Wildman–Crippen MR) is 121 cm³/mol. The fraction of sp³-hybridized carbons (Fsp3) is 0.333. The van der Waals surface area contributed by atoms with E-state index in [9.17, 15) is 0 Å². The maximum absolute atomic E-state index is 5.73. The molecule has 0 N–H and O–H groups in total. The molecule has 0 aliphatic rings. The summed E-state index contributed by atoms with van der Waals surface area (Å²) in [5, 5.41) is 1.74. The molecule has 2 aromatic rings. The second-order valence-corrected chi connectivity index (χ2v) is 10.2. The third-order valence-electron chi connectivity index (χ3n) is 3.08. The van der Waals surface area contributed by atoms with Crippen molar-refractivity contribution in [3.63, 3.8) is 0 Å². The monoisotopic (exact) mass is 614 g/mol. The van der Waals surface area contributed by atoms with Crippen LogP contribution < -0.4 is 9.47 Å². The number of alkyl halides is 4. The molecule has 0 radical (unpaired) electrons. The first-order chi connectivity index (χ1) is 12.1. The molecule has 0 aromatic heterocycles. The summed E-state index contributed by atoms with van der Waals surface area (Å²) in [4.78, 5) is 2.99. The maximum atomic E-state index is 5.73. The highest BCUT2D eigenvalue weighted by atomic mass is 79.9. The Morgan fingerprint density at radius 2 is 1.04 bits per heavy atom. The van der Waals surface area contributed by atoms with Crippen molar-refractivity contribution in [2.45, 2.75) is 19.4 Å². The molecule has 2 aromatic carbocycles. The van der Waals surface area contributed by atoms with E-state index < -0.39 is 0 Å². The molecule has 0 heterocycles. The quantitative estimate of drug-likeness (QED) is 0.270. The highest BCUT2D eigenvalue weighted by Crippen LogP contribution is 2.30. The number of hydrogen-bond acceptors (Lipinski definition) is 3. The van der Waals surface area contributed by atoms with Crippen molar-refractivity contribution in [3.8, 4) is 11.5 Å². The van der Waals surface area contributed by atoms with Crippen molar-refractivity contribution in [3.05, 3.63) is 48.5 Å². The van der Waals surface area contributed by atoms with Crippen molar-refractivity contribution >= 4 is 75.5 Å². The summed E-state index contributed by atoms with van der Waals surface area (Å²) in [5.41, 5.74) is 0. The molecule has 2 rings (SSSR count). The summed E-state index contributed by atoms with van der Waals surface area (Å²) in [6, 6.07) is 16.3. The van der Waals surface area contributed by atoms with Gasteiger partial charge in [0.1, 0.15) is 24.7 Å². The van der Waals surface area contributed by atoms with Crippen molar-refractivity contribution in [1.82, 2.24) is 0 Å². The summed E-state index contributed by atoms with van der Waals surface area (Å²) in [7, 11) is 0. The van der Waals surface area contributed by atoms with Crippen LogP contribution in [-0.4, -0.2) is 33.5 Å². The van der Waals surface area contributed by atoms with Crippen LogP contribution in [0.1, 0.15) is 0 Å². The van der Waals surface area contributed by atoms with Crippen molar-refractivity contribution in [2.75, 3.05) is 23.9 Å². The Morgan fingerprint density at radius 3 is 1.36 bits per heavy atom. The Balaban J connectivity index is 1.85. The summed E-state index contributed by atoms with van der Waals surface area (Å²) in [5.74, 6) is 1.77. The summed E-state index contributed by atoms with van der Waals surface area (Å²) >= 11 is 15.6. The molecule has 0 saturated carbocycles. The van der Waals surface area contributed by atoms with Crippen LogP contribution in [0.15, 0.2) is 58.3 Å². The molecule has 0 fully saturated rings. The molecular formula is C18H18Br4O2S. The van der Waals surface area contributed by atoms with E-state index in [0.29, 0.717) is 22.9 Å². The van der Waals surface area contributed by atoms with Gasteiger partial charge in [0.15, 0.2) is 0 Å². The Bertz CT molecular complexity index is 566. The molecule has 0 saturated heterocycles. The molecule has 0 bridgehead atoms. The van der Waals surface area contributed by atoms with Crippen molar-refractivity contribution < 1.29 is 9.47 Å². The lowest BCUT2D eigenvalue weighted by atomic mass is 10.3. The van der Waals surface area contributed by atoms with Gasteiger partial charge >= 0.3 is 0 Å². The van der Waals surface area contributed by atoms with Gasteiger partial charge < -0.3 is 9.47 Å². The number of hydrogen-bond donors (Lipinski definition) is 0. The second-order valence-electron chi connectivity index (χ2n) is 5.17. The van der Waals surface area contributed by atoms with Crippen LogP contribution >= 0.6 is 75.5 Å². The van der Waals surface area contributed by atoms with Crippen LogP contribution in [0.3, 0.4) is 0 Å². The molecule has 0 spiro atoms. The lowest BCUT2D eigenvalue weighted by molar-refractivity contribution is 0.325. The van der Waals surface area contributed by atoms with Gasteiger partial charge in [-0.3, -0.25) is 0 Å². The van der Waals surface area contributed by atoms with Crippen molar-refractivity contribution in [1.29, 1.82) is 0 Å². The number of halogens is 4. The normalized spacial score (nSPS) is 13.3. The zero-order chi connectivity index (χ0) is 18.1. The lowest BCUT2D eigenvalue weighted by Gasteiger charge is -2.10. The topological polar surface area (TPSA) is 18.5 Å². The molecule has 0 aliphatic carbocycles. The van der Waals surface area contributed by atoms with E-state index in [-0.39, 0.29) is 0 Å². The predicted octanol–water partition coefficient (Wildman–Crippen LogP) is 6.91. The van der Waals surface area contributed by atoms with Gasteiger partial charge in [-0.1, -0.05) is 75.5 Å². The van der Waals surface area contributed by atoms with E-state index >= 15 is 0 Å². The third kappa shape index (κ3) is 8.24. The average Bonchev–Trinajstić information content (AvgIpc) is 2.66. The van der Waals surface area contributed by atoms with Gasteiger partial charge in [0.25, 0.3) is 0 Å². The minimum atomic E-state index is 0.316. The minimum Gasteiger partial charge on any atom is -0.492 e. The van der Waals surface area contributed by atoms with Crippen molar-refractivity contribution in [2.24, 2.45) is 0 Å². The summed E-state index contributed by atoms with van der Waals surface area (Å²) in [6.07, 6.45) is 0. The van der Waals surface area contributed by atoms with Gasteiger partial charge in [-0.25, -0.2) is 0 Å². The fourth-order valence-corrected chi connectivity index (χ4v) is 3.26. The summed E-state index contributed by atoms with van der Waals surface area (Å²) < 4.78 is 11.5. The smallest absolute Gasteiger partial charge is 0.119 e. The van der Waals surface area contributed by atoms with E-state index in [4.69, 9.17) is 9.47 Å². The number of rotatable bonds is 10. The highest BCUT2D eigenvalue weighted by molar-refractivity contribution is 9.12. The van der Waals surface area contributed by atoms with Gasteiger partial charge in [-0.05, 0) is 48.5 Å². The van der Waals surface area contributed by atoms with Gasteiger partial charge in [0.2, 0.25) is 0 Å². The van der Waals surface area contributed by atoms with Gasteiger partial charge in [0.05, 0.1) is 9.65 Å². The Labute approximate surface area is 186 Å². The minimum absolute atomic E-state index is 0.316. The van der Waals surface area contributed by atoms with Crippen LogP contribution in [0.5, 0.6) is 11.5 Å². The standard InChI is InChI=1S/C18H18Br4O2S/c19-9-13(21)11-23-15-1-5-17(6-2-15)25-18-7-3-16(4-8-18)24-12-14(22)10-20/h1-8,13-14H,9-12H2.